The van der Waals surface area contributed by atoms with Gasteiger partial charge in [-0.2, -0.15) is 0 Å². The van der Waals surface area contributed by atoms with Crippen LogP contribution in [0.25, 0.3) is 10.1 Å². The number of fused-ring (bicyclic) bond motifs is 1. The summed E-state index contributed by atoms with van der Waals surface area (Å²) in [7, 11) is 1.39. The minimum Gasteiger partial charge on any atom is -0.465 e. The van der Waals surface area contributed by atoms with Crippen molar-refractivity contribution in [3.63, 3.8) is 0 Å². The van der Waals surface area contributed by atoms with Gasteiger partial charge in [0.25, 0.3) is 0 Å². The largest absolute Gasteiger partial charge is 0.465 e. The van der Waals surface area contributed by atoms with Gasteiger partial charge in [0.15, 0.2) is 0 Å². The maximum Gasteiger partial charge on any atom is 0.337 e. The van der Waals surface area contributed by atoms with Gasteiger partial charge in [-0.3, -0.25) is 0 Å². The van der Waals surface area contributed by atoms with Crippen molar-refractivity contribution in [3.8, 4) is 0 Å². The Morgan fingerprint density at radius 2 is 2.21 bits per heavy atom. The zero-order valence-electron chi connectivity index (χ0n) is 7.41. The number of methoxy groups -OCH3 is 1. The van der Waals surface area contributed by atoms with Crippen LogP contribution in [0.5, 0.6) is 0 Å². The molecule has 0 unspecified atom stereocenters. The number of thiophene rings is 1. The second-order valence-electron chi connectivity index (χ2n) is 2.79. The summed E-state index contributed by atoms with van der Waals surface area (Å²) in [4.78, 5) is 11.2. The van der Waals surface area contributed by atoms with Crippen LogP contribution in [0.1, 0.15) is 10.4 Å². The lowest BCUT2D eigenvalue weighted by molar-refractivity contribution is 0.0601. The van der Waals surface area contributed by atoms with Crippen molar-refractivity contribution < 1.29 is 9.53 Å². The Balaban J connectivity index is 2.55. The number of carbonyl (C=O) groups excluding carboxylic acids is 1. The predicted molar refractivity (Wildman–Crippen MR) is 60.9 cm³/mol. The van der Waals surface area contributed by atoms with Crippen LogP contribution in [0.15, 0.2) is 28.1 Å². The van der Waals surface area contributed by atoms with Crippen LogP contribution in [0.3, 0.4) is 0 Å². The maximum atomic E-state index is 11.2. The molecule has 4 heteroatoms. The first kappa shape index (κ1) is 9.68. The van der Waals surface area contributed by atoms with Crippen LogP contribution in [-0.4, -0.2) is 13.1 Å². The monoisotopic (exact) mass is 270 g/mol. The number of ether oxygens (including phenoxy) is 1. The third-order valence-corrected chi connectivity index (χ3v) is 3.51. The molecule has 0 aliphatic rings. The van der Waals surface area contributed by atoms with E-state index in [0.29, 0.717) is 5.56 Å². The number of carbonyl (C=O) groups is 1. The fourth-order valence-electron chi connectivity index (χ4n) is 1.24. The van der Waals surface area contributed by atoms with Gasteiger partial charge < -0.3 is 4.74 Å². The van der Waals surface area contributed by atoms with Crippen molar-refractivity contribution in [3.05, 3.63) is 33.6 Å². The van der Waals surface area contributed by atoms with E-state index in [-0.39, 0.29) is 5.97 Å². The molecule has 72 valence electrons. The number of benzene rings is 1. The number of hydrogen-bond donors (Lipinski definition) is 0. The number of halogens is 1. The van der Waals surface area contributed by atoms with E-state index in [4.69, 9.17) is 0 Å². The highest BCUT2D eigenvalue weighted by atomic mass is 79.9. The average molecular weight is 271 g/mol. The van der Waals surface area contributed by atoms with Crippen LogP contribution in [0.2, 0.25) is 0 Å². The first-order valence-corrected chi connectivity index (χ1v) is 5.59. The van der Waals surface area contributed by atoms with Gasteiger partial charge in [0, 0.05) is 4.70 Å². The number of hydrogen-bond acceptors (Lipinski definition) is 3. The summed E-state index contributed by atoms with van der Waals surface area (Å²) < 4.78 is 6.79. The topological polar surface area (TPSA) is 26.3 Å². The van der Waals surface area contributed by atoms with Crippen molar-refractivity contribution in [1.29, 1.82) is 0 Å². The van der Waals surface area contributed by atoms with Crippen LogP contribution < -0.4 is 0 Å². The molecule has 2 aromatic rings. The molecule has 0 atom stereocenters. The molecule has 0 radical (unpaired) electrons. The van der Waals surface area contributed by atoms with Crippen LogP contribution >= 0.6 is 27.3 Å². The SMILES string of the molecule is COC(=O)c1ccc2cc(Br)sc2c1. The molecule has 1 heterocycles. The summed E-state index contributed by atoms with van der Waals surface area (Å²) in [6.45, 7) is 0. The highest BCUT2D eigenvalue weighted by Gasteiger charge is 2.07. The van der Waals surface area contributed by atoms with Crippen molar-refractivity contribution in [1.82, 2.24) is 0 Å². The lowest BCUT2D eigenvalue weighted by atomic mass is 10.2. The van der Waals surface area contributed by atoms with E-state index >= 15 is 0 Å². The molecule has 2 nitrogen and oxygen atoms in total. The third-order valence-electron chi connectivity index (χ3n) is 1.91. The Bertz CT molecular complexity index is 490. The third kappa shape index (κ3) is 1.67. The molecular weight excluding hydrogens is 264 g/mol. The Kier molecular flexibility index (Phi) is 2.56. The molecule has 0 bridgehead atoms. The molecular formula is C10H7BrO2S. The van der Waals surface area contributed by atoms with Crippen LogP contribution in [0.4, 0.5) is 0 Å². The van der Waals surface area contributed by atoms with Gasteiger partial charge in [0.2, 0.25) is 0 Å². The second-order valence-corrected chi connectivity index (χ2v) is 5.26. The zero-order chi connectivity index (χ0) is 10.1. The average Bonchev–Trinajstić information content (AvgIpc) is 2.55. The highest BCUT2D eigenvalue weighted by molar-refractivity contribution is 9.11. The van der Waals surface area contributed by atoms with Gasteiger partial charge in [-0.15, -0.1) is 11.3 Å². The summed E-state index contributed by atoms with van der Waals surface area (Å²) in [5.74, 6) is -0.295. The minimum atomic E-state index is -0.295. The summed E-state index contributed by atoms with van der Waals surface area (Å²) >= 11 is 5.01. The molecule has 0 amide bonds. The smallest absolute Gasteiger partial charge is 0.337 e. The molecule has 0 saturated carbocycles. The summed E-state index contributed by atoms with van der Waals surface area (Å²) in [6.07, 6.45) is 0. The second kappa shape index (κ2) is 3.71. The molecule has 0 aliphatic carbocycles. The molecule has 0 N–H and O–H groups in total. The lowest BCUT2D eigenvalue weighted by Crippen LogP contribution is -1.99. The standard InChI is InChI=1S/C10H7BrO2S/c1-13-10(12)7-3-2-6-5-9(11)14-8(6)4-7/h2-5H,1H3. The fraction of sp³-hybridized carbons (Fsp3) is 0.100. The molecule has 0 saturated heterocycles. The van der Waals surface area contributed by atoms with Crippen molar-refractivity contribution in [2.75, 3.05) is 7.11 Å². The Labute approximate surface area is 93.6 Å². The Morgan fingerprint density at radius 1 is 1.43 bits per heavy atom. The van der Waals surface area contributed by atoms with E-state index < -0.39 is 0 Å². The van der Waals surface area contributed by atoms with E-state index in [1.807, 2.05) is 18.2 Å². The van der Waals surface area contributed by atoms with Crippen molar-refractivity contribution >= 4 is 43.3 Å². The van der Waals surface area contributed by atoms with Crippen molar-refractivity contribution in [2.24, 2.45) is 0 Å². The molecule has 1 aromatic heterocycles. The molecule has 1 aromatic carbocycles. The Hall–Kier alpha value is -0.870. The highest BCUT2D eigenvalue weighted by Crippen LogP contribution is 2.30. The Morgan fingerprint density at radius 3 is 2.93 bits per heavy atom. The number of esters is 1. The van der Waals surface area contributed by atoms with Gasteiger partial charge in [0.1, 0.15) is 0 Å². The summed E-state index contributed by atoms with van der Waals surface area (Å²) in [6, 6.07) is 7.56. The predicted octanol–water partition coefficient (Wildman–Crippen LogP) is 3.45. The molecule has 0 spiro atoms. The van der Waals surface area contributed by atoms with E-state index in [9.17, 15) is 4.79 Å². The van der Waals surface area contributed by atoms with Crippen LogP contribution in [0, 0.1) is 0 Å². The van der Waals surface area contributed by atoms with Crippen molar-refractivity contribution in [2.45, 2.75) is 0 Å². The van der Waals surface area contributed by atoms with Gasteiger partial charge in [0.05, 0.1) is 16.5 Å². The van der Waals surface area contributed by atoms with E-state index in [1.54, 1.807) is 17.4 Å². The normalized spacial score (nSPS) is 10.4. The molecule has 0 fully saturated rings. The zero-order valence-corrected chi connectivity index (χ0v) is 9.81. The molecule has 0 aliphatic heterocycles. The summed E-state index contributed by atoms with van der Waals surface area (Å²) in [5.41, 5.74) is 0.592. The quantitative estimate of drug-likeness (QED) is 0.742. The summed E-state index contributed by atoms with van der Waals surface area (Å²) in [5, 5.41) is 1.13. The van der Waals surface area contributed by atoms with Gasteiger partial charge >= 0.3 is 5.97 Å². The number of rotatable bonds is 1. The first-order chi connectivity index (χ1) is 6.70. The lowest BCUT2D eigenvalue weighted by Gasteiger charge is -1.97. The van der Waals surface area contributed by atoms with Gasteiger partial charge in [-0.25, -0.2) is 4.79 Å². The van der Waals surface area contributed by atoms with E-state index in [0.717, 1.165) is 13.9 Å². The van der Waals surface area contributed by atoms with Gasteiger partial charge in [-0.1, -0.05) is 6.07 Å². The fourth-order valence-corrected chi connectivity index (χ4v) is 2.84. The van der Waals surface area contributed by atoms with E-state index in [1.165, 1.54) is 7.11 Å². The minimum absolute atomic E-state index is 0.295. The first-order valence-electron chi connectivity index (χ1n) is 3.98. The molecule has 14 heavy (non-hydrogen) atoms. The maximum absolute atomic E-state index is 11.2. The van der Waals surface area contributed by atoms with Gasteiger partial charge in [-0.05, 0) is 39.5 Å². The molecule has 2 rings (SSSR count). The van der Waals surface area contributed by atoms with Crippen LogP contribution in [-0.2, 0) is 4.74 Å². The van der Waals surface area contributed by atoms with E-state index in [2.05, 4.69) is 20.7 Å².